The number of nitrogens with zero attached hydrogens (tertiary/aromatic N) is 2. The minimum atomic E-state index is -0.504. The average Bonchev–Trinajstić information content (AvgIpc) is 2.85. The number of benzene rings is 1. The van der Waals surface area contributed by atoms with Crippen LogP contribution in [0, 0.1) is 5.82 Å². The van der Waals surface area contributed by atoms with Gasteiger partial charge in [0.25, 0.3) is 0 Å². The molecule has 0 aliphatic rings. The molecule has 1 unspecified atom stereocenters. The number of amides is 1. The second kappa shape index (κ2) is 7.75. The van der Waals surface area contributed by atoms with Crippen LogP contribution in [0.5, 0.6) is 0 Å². The topological polar surface area (TPSA) is 59.0 Å². The molecule has 1 atom stereocenters. The van der Waals surface area contributed by atoms with Crippen molar-refractivity contribution in [2.45, 2.75) is 12.6 Å². The zero-order chi connectivity index (χ0) is 14.5. The Kier molecular flexibility index (Phi) is 6.33. The van der Waals surface area contributed by atoms with Gasteiger partial charge in [0.1, 0.15) is 11.9 Å². The maximum Gasteiger partial charge on any atom is 0.242 e. The van der Waals surface area contributed by atoms with Crippen molar-refractivity contribution < 1.29 is 9.18 Å². The first-order valence-electron chi connectivity index (χ1n) is 6.28. The number of likely N-dealkylation sites (N-methyl/N-ethyl adjacent to an activating group) is 1. The van der Waals surface area contributed by atoms with Crippen LogP contribution in [-0.4, -0.2) is 22.7 Å². The van der Waals surface area contributed by atoms with Gasteiger partial charge in [-0.2, -0.15) is 5.10 Å². The minimum Gasteiger partial charge on any atom is -0.350 e. The van der Waals surface area contributed by atoms with Crippen molar-refractivity contribution in [2.75, 3.05) is 7.05 Å². The van der Waals surface area contributed by atoms with Crippen molar-refractivity contribution in [1.29, 1.82) is 0 Å². The van der Waals surface area contributed by atoms with Gasteiger partial charge in [0.2, 0.25) is 5.91 Å². The molecule has 0 radical (unpaired) electrons. The van der Waals surface area contributed by atoms with E-state index in [0.29, 0.717) is 5.56 Å². The Labute approximate surface area is 129 Å². The fourth-order valence-corrected chi connectivity index (χ4v) is 1.96. The lowest BCUT2D eigenvalue weighted by atomic mass is 10.1. The number of hydrogen-bond acceptors (Lipinski definition) is 3. The highest BCUT2D eigenvalue weighted by atomic mass is 35.5. The number of rotatable bonds is 5. The van der Waals surface area contributed by atoms with Gasteiger partial charge in [-0.25, -0.2) is 4.39 Å². The van der Waals surface area contributed by atoms with Crippen molar-refractivity contribution in [2.24, 2.45) is 7.05 Å². The first kappa shape index (κ1) is 17.1. The maximum atomic E-state index is 13.5. The van der Waals surface area contributed by atoms with Crippen LogP contribution in [0.25, 0.3) is 0 Å². The summed E-state index contributed by atoms with van der Waals surface area (Å²) in [5.74, 6) is -0.543. The van der Waals surface area contributed by atoms with E-state index in [0.717, 1.165) is 5.56 Å². The highest BCUT2D eigenvalue weighted by molar-refractivity contribution is 5.85. The monoisotopic (exact) mass is 312 g/mol. The molecule has 0 bridgehead atoms. The second-order valence-corrected chi connectivity index (χ2v) is 4.48. The van der Waals surface area contributed by atoms with Crippen LogP contribution < -0.4 is 10.6 Å². The summed E-state index contributed by atoms with van der Waals surface area (Å²) < 4.78 is 15.1. The van der Waals surface area contributed by atoms with Crippen molar-refractivity contribution in [3.05, 3.63) is 53.6 Å². The molecule has 0 saturated carbocycles. The molecule has 21 heavy (non-hydrogen) atoms. The van der Waals surface area contributed by atoms with Crippen LogP contribution in [0.1, 0.15) is 17.2 Å². The first-order valence-corrected chi connectivity index (χ1v) is 6.28. The summed E-state index contributed by atoms with van der Waals surface area (Å²) in [7, 11) is 3.48. The number of carbonyl (C=O) groups excluding carboxylic acids is 1. The molecule has 1 aromatic heterocycles. The molecule has 1 amide bonds. The predicted octanol–water partition coefficient (Wildman–Crippen LogP) is 1.56. The van der Waals surface area contributed by atoms with E-state index in [4.69, 9.17) is 0 Å². The molecule has 0 spiro atoms. The van der Waals surface area contributed by atoms with Gasteiger partial charge in [0, 0.05) is 30.9 Å². The molecular formula is C14H18ClFN4O. The van der Waals surface area contributed by atoms with Crippen LogP contribution in [0.2, 0.25) is 0 Å². The SMILES string of the molecule is CNC(C(=O)NCc1ccccc1F)c1cnn(C)c1.Cl. The second-order valence-electron chi connectivity index (χ2n) is 4.48. The van der Waals surface area contributed by atoms with E-state index in [9.17, 15) is 9.18 Å². The van der Waals surface area contributed by atoms with E-state index >= 15 is 0 Å². The molecule has 1 heterocycles. The van der Waals surface area contributed by atoms with Gasteiger partial charge in [-0.3, -0.25) is 9.48 Å². The standard InChI is InChI=1S/C14H17FN4O.ClH/c1-16-13(11-8-18-19(2)9-11)14(20)17-7-10-5-3-4-6-12(10)15;/h3-6,8-9,13,16H,7H2,1-2H3,(H,17,20);1H. The van der Waals surface area contributed by atoms with Crippen LogP contribution in [0.3, 0.4) is 0 Å². The third-order valence-electron chi connectivity index (χ3n) is 3.02. The lowest BCUT2D eigenvalue weighted by molar-refractivity contribution is -0.123. The van der Waals surface area contributed by atoms with E-state index in [2.05, 4.69) is 15.7 Å². The fourth-order valence-electron chi connectivity index (χ4n) is 1.96. The van der Waals surface area contributed by atoms with E-state index in [1.54, 1.807) is 49.4 Å². The lowest BCUT2D eigenvalue weighted by Crippen LogP contribution is -2.35. The van der Waals surface area contributed by atoms with Crippen LogP contribution >= 0.6 is 12.4 Å². The quantitative estimate of drug-likeness (QED) is 0.881. The molecular weight excluding hydrogens is 295 g/mol. The fraction of sp³-hybridized carbons (Fsp3) is 0.286. The molecule has 114 valence electrons. The van der Waals surface area contributed by atoms with Crippen LogP contribution in [-0.2, 0) is 18.4 Å². The summed E-state index contributed by atoms with van der Waals surface area (Å²) >= 11 is 0. The normalized spacial score (nSPS) is 11.6. The molecule has 0 aliphatic heterocycles. The Morgan fingerprint density at radius 1 is 1.43 bits per heavy atom. The molecule has 1 aromatic carbocycles. The minimum absolute atomic E-state index is 0. The van der Waals surface area contributed by atoms with Gasteiger partial charge in [0.15, 0.2) is 0 Å². The summed E-state index contributed by atoms with van der Waals surface area (Å²) in [5.41, 5.74) is 1.22. The number of carbonyl (C=O) groups is 1. The maximum absolute atomic E-state index is 13.5. The summed E-state index contributed by atoms with van der Waals surface area (Å²) in [6, 6.07) is 5.87. The average molecular weight is 313 g/mol. The van der Waals surface area contributed by atoms with E-state index < -0.39 is 6.04 Å². The zero-order valence-corrected chi connectivity index (χ0v) is 12.7. The molecule has 2 N–H and O–H groups in total. The van der Waals surface area contributed by atoms with E-state index in [1.165, 1.54) is 6.07 Å². The Hall–Kier alpha value is -1.92. The van der Waals surface area contributed by atoms with Crippen LogP contribution in [0.4, 0.5) is 4.39 Å². The summed E-state index contributed by atoms with van der Waals surface area (Å²) in [6.45, 7) is 0.157. The smallest absolute Gasteiger partial charge is 0.242 e. The Morgan fingerprint density at radius 3 is 2.71 bits per heavy atom. The molecule has 0 aliphatic carbocycles. The number of hydrogen-bond donors (Lipinski definition) is 2. The van der Waals surface area contributed by atoms with E-state index in [-0.39, 0.29) is 30.7 Å². The van der Waals surface area contributed by atoms with E-state index in [1.807, 2.05) is 0 Å². The van der Waals surface area contributed by atoms with Gasteiger partial charge in [-0.1, -0.05) is 18.2 Å². The predicted molar refractivity (Wildman–Crippen MR) is 80.5 cm³/mol. The van der Waals surface area contributed by atoms with Crippen molar-refractivity contribution >= 4 is 18.3 Å². The Morgan fingerprint density at radius 2 is 2.14 bits per heavy atom. The van der Waals surface area contributed by atoms with Gasteiger partial charge in [-0.15, -0.1) is 12.4 Å². The molecule has 2 aromatic rings. The third kappa shape index (κ3) is 4.27. The summed E-state index contributed by atoms with van der Waals surface area (Å²) in [6.07, 6.45) is 3.40. The zero-order valence-electron chi connectivity index (χ0n) is 11.8. The first-order chi connectivity index (χ1) is 9.61. The largest absolute Gasteiger partial charge is 0.350 e. The molecule has 7 heteroatoms. The number of nitrogens with one attached hydrogen (secondary N) is 2. The highest BCUT2D eigenvalue weighted by Gasteiger charge is 2.19. The molecule has 0 saturated heterocycles. The molecule has 5 nitrogen and oxygen atoms in total. The Balaban J connectivity index is 0.00000220. The van der Waals surface area contributed by atoms with Gasteiger partial charge >= 0.3 is 0 Å². The Bertz CT molecular complexity index is 602. The number of aryl methyl sites for hydroxylation is 1. The summed E-state index contributed by atoms with van der Waals surface area (Å²) in [5, 5.41) is 9.68. The third-order valence-corrected chi connectivity index (χ3v) is 3.02. The van der Waals surface area contributed by atoms with Crippen molar-refractivity contribution in [3.8, 4) is 0 Å². The summed E-state index contributed by atoms with van der Waals surface area (Å²) in [4.78, 5) is 12.1. The van der Waals surface area contributed by atoms with Gasteiger partial charge in [0.05, 0.1) is 6.20 Å². The van der Waals surface area contributed by atoms with Crippen LogP contribution in [0.15, 0.2) is 36.7 Å². The lowest BCUT2D eigenvalue weighted by Gasteiger charge is -2.14. The highest BCUT2D eigenvalue weighted by Crippen LogP contribution is 2.12. The molecule has 2 rings (SSSR count). The number of aromatic nitrogens is 2. The van der Waals surface area contributed by atoms with Crippen molar-refractivity contribution in [1.82, 2.24) is 20.4 Å². The van der Waals surface area contributed by atoms with Gasteiger partial charge < -0.3 is 10.6 Å². The van der Waals surface area contributed by atoms with Crippen molar-refractivity contribution in [3.63, 3.8) is 0 Å². The number of halogens is 2. The molecule has 0 fully saturated rings. The van der Waals surface area contributed by atoms with Gasteiger partial charge in [-0.05, 0) is 13.1 Å².